The van der Waals surface area contributed by atoms with E-state index >= 15 is 0 Å². The Bertz CT molecular complexity index is 1180. The van der Waals surface area contributed by atoms with E-state index in [-0.39, 0.29) is 17.2 Å². The van der Waals surface area contributed by atoms with E-state index in [2.05, 4.69) is 34.5 Å². The van der Waals surface area contributed by atoms with Crippen LogP contribution in [0.25, 0.3) is 0 Å². The molecular weight excluding hydrogens is 430 g/mol. The van der Waals surface area contributed by atoms with Crippen LogP contribution in [0.5, 0.6) is 0 Å². The molecule has 1 heterocycles. The summed E-state index contributed by atoms with van der Waals surface area (Å²) < 4.78 is 25.8. The molecule has 3 aromatic rings. The minimum Gasteiger partial charge on any atom is -0.339 e. The zero-order chi connectivity index (χ0) is 22.0. The molecule has 0 saturated heterocycles. The van der Waals surface area contributed by atoms with Gasteiger partial charge >= 0.3 is 0 Å². The molecule has 8 heteroatoms. The maximum Gasteiger partial charge on any atom is 0.242 e. The molecule has 1 amide bonds. The second-order valence-corrected chi connectivity index (χ2v) is 10.5. The van der Waals surface area contributed by atoms with Gasteiger partial charge in [0, 0.05) is 42.5 Å². The van der Waals surface area contributed by atoms with Crippen LogP contribution in [0.1, 0.15) is 6.42 Å². The van der Waals surface area contributed by atoms with Gasteiger partial charge in [-0.05, 0) is 42.5 Å². The second-order valence-electron chi connectivity index (χ2n) is 7.30. The van der Waals surface area contributed by atoms with E-state index in [1.54, 1.807) is 23.9 Å². The fourth-order valence-electron chi connectivity index (χ4n) is 3.40. The summed E-state index contributed by atoms with van der Waals surface area (Å²) in [6.45, 7) is 0.510. The van der Waals surface area contributed by atoms with Gasteiger partial charge in [-0.2, -0.15) is 0 Å². The molecule has 0 saturated carbocycles. The lowest BCUT2D eigenvalue weighted by molar-refractivity contribution is -0.116. The first-order valence-electron chi connectivity index (χ1n) is 9.82. The van der Waals surface area contributed by atoms with E-state index < -0.39 is 10.0 Å². The predicted molar refractivity (Wildman–Crippen MR) is 125 cm³/mol. The van der Waals surface area contributed by atoms with E-state index in [1.165, 1.54) is 26.2 Å². The lowest BCUT2D eigenvalue weighted by Crippen LogP contribution is -2.26. The van der Waals surface area contributed by atoms with Gasteiger partial charge in [-0.1, -0.05) is 42.1 Å². The van der Waals surface area contributed by atoms with E-state index in [1.807, 2.05) is 24.3 Å². The molecule has 1 aliphatic heterocycles. The molecule has 0 unspecified atom stereocenters. The third-order valence-corrected chi connectivity index (χ3v) is 7.93. The fraction of sp³-hybridized carbons (Fsp3) is 0.174. The van der Waals surface area contributed by atoms with Gasteiger partial charge in [-0.3, -0.25) is 4.79 Å². The van der Waals surface area contributed by atoms with Crippen LogP contribution in [0.4, 0.5) is 17.1 Å². The number of carbonyl (C=O) groups excluding carboxylic acids is 1. The molecule has 6 nitrogen and oxygen atoms in total. The zero-order valence-corrected chi connectivity index (χ0v) is 18.9. The van der Waals surface area contributed by atoms with Crippen molar-refractivity contribution in [1.82, 2.24) is 4.31 Å². The number of fused-ring (bicyclic) bond motifs is 2. The average Bonchev–Trinajstić information content (AvgIpc) is 2.76. The van der Waals surface area contributed by atoms with Gasteiger partial charge in [0.05, 0.1) is 16.3 Å². The number of para-hydroxylation sites is 2. The topological polar surface area (TPSA) is 69.7 Å². The Morgan fingerprint density at radius 1 is 0.935 bits per heavy atom. The number of nitrogens with zero attached hydrogens (tertiary/aromatic N) is 2. The number of hydrogen-bond donors (Lipinski definition) is 1. The SMILES string of the molecule is CN(C)S(=O)(=O)c1cccc(NC(=O)CCN2c3ccccc3Sc3ccccc32)c1. The Balaban J connectivity index is 1.49. The van der Waals surface area contributed by atoms with Crippen LogP contribution in [0, 0.1) is 0 Å². The van der Waals surface area contributed by atoms with Gasteiger partial charge in [0.1, 0.15) is 0 Å². The Labute approximate surface area is 186 Å². The van der Waals surface area contributed by atoms with Crippen molar-refractivity contribution in [1.29, 1.82) is 0 Å². The normalized spacial score (nSPS) is 12.9. The van der Waals surface area contributed by atoms with Crippen LogP contribution >= 0.6 is 11.8 Å². The van der Waals surface area contributed by atoms with Crippen molar-refractivity contribution in [3.8, 4) is 0 Å². The van der Waals surface area contributed by atoms with Crippen LogP contribution in [0.2, 0.25) is 0 Å². The Hall–Kier alpha value is -2.81. The number of nitrogens with one attached hydrogen (secondary N) is 1. The van der Waals surface area contributed by atoms with Gasteiger partial charge < -0.3 is 10.2 Å². The number of sulfonamides is 1. The fourth-order valence-corrected chi connectivity index (χ4v) is 5.45. The molecule has 3 aromatic carbocycles. The van der Waals surface area contributed by atoms with Crippen LogP contribution < -0.4 is 10.2 Å². The van der Waals surface area contributed by atoms with Gasteiger partial charge in [0.25, 0.3) is 0 Å². The summed E-state index contributed by atoms with van der Waals surface area (Å²) in [5.41, 5.74) is 2.62. The van der Waals surface area contributed by atoms with Crippen molar-refractivity contribution in [2.24, 2.45) is 0 Å². The largest absolute Gasteiger partial charge is 0.339 e. The Morgan fingerprint density at radius 2 is 1.55 bits per heavy atom. The van der Waals surface area contributed by atoms with Gasteiger partial charge in [-0.15, -0.1) is 0 Å². The van der Waals surface area contributed by atoms with Crippen molar-refractivity contribution in [2.75, 3.05) is 30.9 Å². The van der Waals surface area contributed by atoms with Gasteiger partial charge in [0.2, 0.25) is 15.9 Å². The lowest BCUT2D eigenvalue weighted by atomic mass is 10.2. The molecular formula is C23H23N3O3S2. The molecule has 0 aromatic heterocycles. The molecule has 4 rings (SSSR count). The standard InChI is InChI=1S/C23H23N3O3S2/c1-25(2)31(28,29)18-9-7-8-17(16-18)24-23(27)14-15-26-19-10-3-5-12-21(19)30-22-13-6-4-11-20(22)26/h3-13,16H,14-15H2,1-2H3,(H,24,27). The van der Waals surface area contributed by atoms with E-state index in [9.17, 15) is 13.2 Å². The van der Waals surface area contributed by atoms with Crippen molar-refractivity contribution in [3.63, 3.8) is 0 Å². The third-order valence-electron chi connectivity index (χ3n) is 4.99. The van der Waals surface area contributed by atoms with Crippen LogP contribution in [-0.4, -0.2) is 39.3 Å². The van der Waals surface area contributed by atoms with E-state index in [0.717, 1.165) is 25.5 Å². The smallest absolute Gasteiger partial charge is 0.242 e. The first-order valence-corrected chi connectivity index (χ1v) is 12.1. The first kappa shape index (κ1) is 21.4. The van der Waals surface area contributed by atoms with Crippen molar-refractivity contribution in [2.45, 2.75) is 21.1 Å². The summed E-state index contributed by atoms with van der Waals surface area (Å²) in [5.74, 6) is -0.174. The molecule has 0 spiro atoms. The number of anilines is 3. The highest BCUT2D eigenvalue weighted by Crippen LogP contribution is 2.47. The van der Waals surface area contributed by atoms with Crippen LogP contribution in [-0.2, 0) is 14.8 Å². The van der Waals surface area contributed by atoms with E-state index in [4.69, 9.17) is 0 Å². The van der Waals surface area contributed by atoms with Crippen molar-refractivity contribution in [3.05, 3.63) is 72.8 Å². The summed E-state index contributed by atoms with van der Waals surface area (Å²) >= 11 is 1.73. The predicted octanol–water partition coefficient (Wildman–Crippen LogP) is 4.57. The maximum absolute atomic E-state index is 12.7. The average molecular weight is 454 g/mol. The summed E-state index contributed by atoms with van der Waals surface area (Å²) in [4.78, 5) is 17.3. The highest BCUT2D eigenvalue weighted by atomic mass is 32.2. The Morgan fingerprint density at radius 3 is 2.16 bits per heavy atom. The Kier molecular flexibility index (Phi) is 6.04. The zero-order valence-electron chi connectivity index (χ0n) is 17.3. The highest BCUT2D eigenvalue weighted by Gasteiger charge is 2.23. The van der Waals surface area contributed by atoms with Crippen LogP contribution in [0.3, 0.4) is 0 Å². The first-order chi connectivity index (χ1) is 14.9. The van der Waals surface area contributed by atoms with Crippen molar-refractivity contribution >= 4 is 44.8 Å². The third kappa shape index (κ3) is 4.46. The van der Waals surface area contributed by atoms with Gasteiger partial charge in [0.15, 0.2) is 0 Å². The lowest BCUT2D eigenvalue weighted by Gasteiger charge is -2.32. The number of hydrogen-bond acceptors (Lipinski definition) is 5. The minimum atomic E-state index is -3.56. The van der Waals surface area contributed by atoms with Crippen molar-refractivity contribution < 1.29 is 13.2 Å². The molecule has 1 aliphatic rings. The molecule has 0 bridgehead atoms. The molecule has 1 N–H and O–H groups in total. The number of benzene rings is 3. The molecule has 0 radical (unpaired) electrons. The second kappa shape index (κ2) is 8.74. The van der Waals surface area contributed by atoms with E-state index in [0.29, 0.717) is 12.2 Å². The monoisotopic (exact) mass is 453 g/mol. The molecule has 160 valence electrons. The summed E-state index contributed by atoms with van der Waals surface area (Å²) in [6.07, 6.45) is 0.262. The maximum atomic E-state index is 12.7. The molecule has 0 atom stereocenters. The highest BCUT2D eigenvalue weighted by molar-refractivity contribution is 7.99. The summed E-state index contributed by atoms with van der Waals surface area (Å²) in [7, 11) is -0.601. The van der Waals surface area contributed by atoms with Gasteiger partial charge in [-0.25, -0.2) is 12.7 Å². The summed E-state index contributed by atoms with van der Waals surface area (Å²) in [5, 5.41) is 2.83. The number of carbonyl (C=O) groups is 1. The number of amides is 1. The quantitative estimate of drug-likeness (QED) is 0.592. The molecule has 0 fully saturated rings. The summed E-state index contributed by atoms with van der Waals surface area (Å²) in [6, 6.07) is 22.6. The minimum absolute atomic E-state index is 0.145. The number of rotatable bonds is 6. The van der Waals surface area contributed by atoms with Crippen LogP contribution in [0.15, 0.2) is 87.5 Å². The molecule has 31 heavy (non-hydrogen) atoms. The molecule has 0 aliphatic carbocycles.